The van der Waals surface area contributed by atoms with E-state index in [4.69, 9.17) is 4.74 Å². The lowest BCUT2D eigenvalue weighted by molar-refractivity contribution is 0.248. The highest BCUT2D eigenvalue weighted by atomic mass is 16.5. The van der Waals surface area contributed by atoms with Crippen LogP contribution in [0.1, 0.15) is 24.5 Å². The fourth-order valence-electron chi connectivity index (χ4n) is 3.03. The van der Waals surface area contributed by atoms with Crippen LogP contribution in [0, 0.1) is 0 Å². The van der Waals surface area contributed by atoms with Crippen molar-refractivity contribution >= 4 is 0 Å². The van der Waals surface area contributed by atoms with E-state index in [0.29, 0.717) is 5.92 Å². The van der Waals surface area contributed by atoms with Gasteiger partial charge in [0.15, 0.2) is 0 Å². The van der Waals surface area contributed by atoms with Crippen molar-refractivity contribution in [1.29, 1.82) is 0 Å². The summed E-state index contributed by atoms with van der Waals surface area (Å²) >= 11 is 0. The number of nitrogens with zero attached hydrogens (tertiary/aromatic N) is 3. The number of rotatable bonds is 3. The number of hydrogen-bond donors (Lipinski definition) is 0. The van der Waals surface area contributed by atoms with E-state index in [-0.39, 0.29) is 0 Å². The number of methoxy groups -OCH3 is 1. The van der Waals surface area contributed by atoms with Gasteiger partial charge < -0.3 is 9.64 Å². The van der Waals surface area contributed by atoms with Gasteiger partial charge in [0.2, 0.25) is 0 Å². The predicted octanol–water partition coefficient (Wildman–Crippen LogP) is 2.96. The van der Waals surface area contributed by atoms with Crippen molar-refractivity contribution in [2.24, 2.45) is 0 Å². The summed E-state index contributed by atoms with van der Waals surface area (Å²) in [7, 11) is 3.86. The zero-order valence-corrected chi connectivity index (χ0v) is 12.6. The van der Waals surface area contributed by atoms with Gasteiger partial charge >= 0.3 is 0 Å². The molecule has 4 heteroatoms. The third-order valence-corrected chi connectivity index (χ3v) is 4.08. The van der Waals surface area contributed by atoms with Crippen LogP contribution in [0.15, 0.2) is 36.7 Å². The van der Waals surface area contributed by atoms with Gasteiger partial charge in [-0.3, -0.25) is 9.97 Å². The van der Waals surface area contributed by atoms with Crippen LogP contribution in [0.5, 0.6) is 5.75 Å². The molecule has 2 heterocycles. The van der Waals surface area contributed by atoms with E-state index < -0.39 is 0 Å². The Morgan fingerprint density at radius 1 is 1.24 bits per heavy atom. The molecule has 3 rings (SSSR count). The van der Waals surface area contributed by atoms with Gasteiger partial charge in [0.1, 0.15) is 5.75 Å². The fraction of sp³-hybridized carbons (Fsp3) is 0.412. The highest BCUT2D eigenvalue weighted by Gasteiger charge is 2.23. The van der Waals surface area contributed by atoms with Crippen molar-refractivity contribution < 1.29 is 4.74 Å². The minimum absolute atomic E-state index is 0.457. The minimum Gasteiger partial charge on any atom is -0.497 e. The Labute approximate surface area is 125 Å². The molecule has 1 aliphatic heterocycles. The summed E-state index contributed by atoms with van der Waals surface area (Å²) in [4.78, 5) is 11.6. The Bertz CT molecular complexity index is 614. The summed E-state index contributed by atoms with van der Waals surface area (Å²) in [5.74, 6) is 1.31. The monoisotopic (exact) mass is 283 g/mol. The Morgan fingerprint density at radius 2 is 2.10 bits per heavy atom. The smallest absolute Gasteiger partial charge is 0.119 e. The highest BCUT2D eigenvalue weighted by Crippen LogP contribution is 2.32. The standard InChI is InChI=1S/C17H21N3O/c1-20-10-4-6-14(12-20)17-16(18-8-9-19-17)13-5-3-7-15(11-13)21-2/h3,5,7-9,11,14H,4,6,10,12H2,1-2H3/t14-/m1/s1. The maximum absolute atomic E-state index is 5.32. The van der Waals surface area contributed by atoms with E-state index in [0.717, 1.165) is 29.2 Å². The second-order valence-corrected chi connectivity index (χ2v) is 5.62. The topological polar surface area (TPSA) is 38.3 Å². The molecule has 21 heavy (non-hydrogen) atoms. The molecule has 1 atom stereocenters. The molecule has 1 fully saturated rings. The van der Waals surface area contributed by atoms with Gasteiger partial charge in [-0.15, -0.1) is 0 Å². The van der Waals surface area contributed by atoms with Gasteiger partial charge in [-0.05, 0) is 38.6 Å². The number of aromatic nitrogens is 2. The number of ether oxygens (including phenoxy) is 1. The SMILES string of the molecule is COc1cccc(-c2nccnc2[C@@H]2CCCN(C)C2)c1. The zero-order valence-electron chi connectivity index (χ0n) is 12.6. The van der Waals surface area contributed by atoms with Crippen LogP contribution >= 0.6 is 0 Å². The van der Waals surface area contributed by atoms with E-state index in [9.17, 15) is 0 Å². The molecule has 0 aliphatic carbocycles. The van der Waals surface area contributed by atoms with E-state index in [2.05, 4.69) is 28.0 Å². The molecule has 0 radical (unpaired) electrons. The second kappa shape index (κ2) is 6.22. The van der Waals surface area contributed by atoms with E-state index in [1.807, 2.05) is 18.2 Å². The Kier molecular flexibility index (Phi) is 4.15. The molecule has 0 unspecified atom stereocenters. The molecule has 1 aromatic carbocycles. The van der Waals surface area contributed by atoms with E-state index in [1.165, 1.54) is 19.4 Å². The fourth-order valence-corrected chi connectivity index (χ4v) is 3.03. The van der Waals surface area contributed by atoms with Crippen LogP contribution in [-0.4, -0.2) is 42.1 Å². The normalized spacial score (nSPS) is 19.4. The molecular weight excluding hydrogens is 262 g/mol. The summed E-state index contributed by atoms with van der Waals surface area (Å²) in [5.41, 5.74) is 3.17. The van der Waals surface area contributed by atoms with E-state index in [1.54, 1.807) is 19.5 Å². The Balaban J connectivity index is 1.98. The van der Waals surface area contributed by atoms with Gasteiger partial charge in [-0.1, -0.05) is 12.1 Å². The Morgan fingerprint density at radius 3 is 2.90 bits per heavy atom. The van der Waals surface area contributed by atoms with Gasteiger partial charge in [-0.25, -0.2) is 0 Å². The number of hydrogen-bond acceptors (Lipinski definition) is 4. The molecule has 0 bridgehead atoms. The summed E-state index contributed by atoms with van der Waals surface area (Å²) < 4.78 is 5.32. The molecule has 110 valence electrons. The zero-order chi connectivity index (χ0) is 14.7. The molecule has 4 nitrogen and oxygen atoms in total. The minimum atomic E-state index is 0.457. The molecule has 1 saturated heterocycles. The first kappa shape index (κ1) is 14.0. The maximum Gasteiger partial charge on any atom is 0.119 e. The molecule has 2 aromatic rings. The highest BCUT2D eigenvalue weighted by molar-refractivity contribution is 5.64. The molecule has 1 aliphatic rings. The lowest BCUT2D eigenvalue weighted by Crippen LogP contribution is -2.31. The predicted molar refractivity (Wildman–Crippen MR) is 83.5 cm³/mol. The number of likely N-dealkylation sites (N-methyl/N-ethyl adjacent to an activating group) is 1. The van der Waals surface area contributed by atoms with Crippen LogP contribution in [0.3, 0.4) is 0 Å². The number of piperidine rings is 1. The summed E-state index contributed by atoms with van der Waals surface area (Å²) in [6, 6.07) is 8.05. The van der Waals surface area contributed by atoms with Crippen LogP contribution in [-0.2, 0) is 0 Å². The van der Waals surface area contributed by atoms with Crippen molar-refractivity contribution in [3.63, 3.8) is 0 Å². The van der Waals surface area contributed by atoms with Gasteiger partial charge in [0, 0.05) is 30.4 Å². The lowest BCUT2D eigenvalue weighted by Gasteiger charge is -2.30. The van der Waals surface area contributed by atoms with Crippen LogP contribution in [0.25, 0.3) is 11.3 Å². The van der Waals surface area contributed by atoms with Crippen molar-refractivity contribution in [2.45, 2.75) is 18.8 Å². The van der Waals surface area contributed by atoms with Crippen LogP contribution < -0.4 is 4.74 Å². The van der Waals surface area contributed by atoms with Crippen molar-refractivity contribution in [3.05, 3.63) is 42.4 Å². The lowest BCUT2D eigenvalue weighted by atomic mass is 9.92. The molecule has 0 spiro atoms. The average molecular weight is 283 g/mol. The van der Waals surface area contributed by atoms with Crippen molar-refractivity contribution in [1.82, 2.24) is 14.9 Å². The maximum atomic E-state index is 5.32. The van der Waals surface area contributed by atoms with Gasteiger partial charge in [0.25, 0.3) is 0 Å². The molecule has 1 aromatic heterocycles. The van der Waals surface area contributed by atoms with E-state index >= 15 is 0 Å². The summed E-state index contributed by atoms with van der Waals surface area (Å²) in [6.07, 6.45) is 5.97. The molecular formula is C17H21N3O. The molecule has 0 amide bonds. The van der Waals surface area contributed by atoms with Crippen molar-refractivity contribution in [3.8, 4) is 17.0 Å². The molecule has 0 saturated carbocycles. The number of likely N-dealkylation sites (tertiary alicyclic amines) is 1. The summed E-state index contributed by atoms with van der Waals surface area (Å²) in [5, 5.41) is 0. The van der Waals surface area contributed by atoms with Crippen molar-refractivity contribution in [2.75, 3.05) is 27.2 Å². The van der Waals surface area contributed by atoms with Gasteiger partial charge in [-0.2, -0.15) is 0 Å². The number of benzene rings is 1. The van der Waals surface area contributed by atoms with Crippen LogP contribution in [0.2, 0.25) is 0 Å². The average Bonchev–Trinajstić information content (AvgIpc) is 2.55. The first-order valence-corrected chi connectivity index (χ1v) is 7.42. The van der Waals surface area contributed by atoms with Gasteiger partial charge in [0.05, 0.1) is 18.5 Å². The third-order valence-electron chi connectivity index (χ3n) is 4.08. The Hall–Kier alpha value is -1.94. The quantitative estimate of drug-likeness (QED) is 0.868. The van der Waals surface area contributed by atoms with Crippen LogP contribution in [0.4, 0.5) is 0 Å². The third kappa shape index (κ3) is 3.05. The molecule has 0 N–H and O–H groups in total. The second-order valence-electron chi connectivity index (χ2n) is 5.62. The largest absolute Gasteiger partial charge is 0.497 e. The first-order valence-electron chi connectivity index (χ1n) is 7.42. The first-order chi connectivity index (χ1) is 10.3. The summed E-state index contributed by atoms with van der Waals surface area (Å²) in [6.45, 7) is 2.22.